The maximum Gasteiger partial charge on any atom is 0.472 e. The van der Waals surface area contributed by atoms with E-state index in [1.54, 1.807) is 0 Å². The highest BCUT2D eigenvalue weighted by Crippen LogP contribution is 2.43. The molecule has 0 amide bonds. The van der Waals surface area contributed by atoms with Crippen LogP contribution < -0.4 is 0 Å². The van der Waals surface area contributed by atoms with Gasteiger partial charge in [0.15, 0.2) is 0 Å². The van der Waals surface area contributed by atoms with E-state index in [1.807, 2.05) is 6.92 Å². The molecule has 0 aromatic carbocycles. The molecular formula is C7H15O5P. The molecule has 2 unspecified atom stereocenters. The summed E-state index contributed by atoms with van der Waals surface area (Å²) >= 11 is 0. The summed E-state index contributed by atoms with van der Waals surface area (Å²) in [5.74, 6) is 0. The summed E-state index contributed by atoms with van der Waals surface area (Å²) in [6, 6.07) is 0. The van der Waals surface area contributed by atoms with Crippen molar-refractivity contribution in [1.82, 2.24) is 0 Å². The molecule has 1 N–H and O–H groups in total. The van der Waals surface area contributed by atoms with Crippen LogP contribution in [-0.2, 0) is 18.3 Å². The first kappa shape index (κ1) is 11.1. The predicted octanol–water partition coefficient (Wildman–Crippen LogP) is 1.32. The number of unbranched alkanes of at least 4 members (excludes halogenated alkanes) is 1. The molecular weight excluding hydrogens is 195 g/mol. The molecule has 5 nitrogen and oxygen atoms in total. The molecule has 1 aliphatic rings. The van der Waals surface area contributed by atoms with E-state index in [-0.39, 0.29) is 19.3 Å². The first-order valence-electron chi connectivity index (χ1n) is 4.37. The zero-order valence-corrected chi connectivity index (χ0v) is 8.53. The SMILES string of the molecule is CCCCOP(=O)(O)OCC1CO1. The molecule has 1 aliphatic heterocycles. The maximum atomic E-state index is 11.1. The van der Waals surface area contributed by atoms with Crippen molar-refractivity contribution < 1.29 is 23.2 Å². The number of phosphoric acid groups is 1. The molecule has 13 heavy (non-hydrogen) atoms. The van der Waals surface area contributed by atoms with E-state index < -0.39 is 7.82 Å². The highest BCUT2D eigenvalue weighted by atomic mass is 31.2. The minimum absolute atomic E-state index is 0.0183. The largest absolute Gasteiger partial charge is 0.472 e. The van der Waals surface area contributed by atoms with Gasteiger partial charge in [-0.2, -0.15) is 0 Å². The Labute approximate surface area is 77.6 Å². The molecule has 0 aromatic heterocycles. The Bertz CT molecular complexity index is 191. The zero-order valence-electron chi connectivity index (χ0n) is 7.64. The smallest absolute Gasteiger partial charge is 0.371 e. The molecule has 78 valence electrons. The molecule has 0 bridgehead atoms. The lowest BCUT2D eigenvalue weighted by Crippen LogP contribution is -2.02. The Kier molecular flexibility index (Phi) is 4.35. The fourth-order valence-electron chi connectivity index (χ4n) is 0.703. The second kappa shape index (κ2) is 5.08. The lowest BCUT2D eigenvalue weighted by Gasteiger charge is -2.10. The number of hydrogen-bond acceptors (Lipinski definition) is 4. The predicted molar refractivity (Wildman–Crippen MR) is 46.4 cm³/mol. The molecule has 0 spiro atoms. The third-order valence-corrected chi connectivity index (χ3v) is 2.56. The van der Waals surface area contributed by atoms with Gasteiger partial charge in [-0.05, 0) is 6.42 Å². The lowest BCUT2D eigenvalue weighted by molar-refractivity contribution is 0.138. The van der Waals surface area contributed by atoms with Gasteiger partial charge >= 0.3 is 7.82 Å². The van der Waals surface area contributed by atoms with Crippen LogP contribution in [0.1, 0.15) is 19.8 Å². The Morgan fingerprint density at radius 1 is 1.62 bits per heavy atom. The Morgan fingerprint density at radius 2 is 2.31 bits per heavy atom. The first-order chi connectivity index (χ1) is 6.14. The molecule has 1 fully saturated rings. The van der Waals surface area contributed by atoms with Crippen LogP contribution in [0.5, 0.6) is 0 Å². The van der Waals surface area contributed by atoms with E-state index in [1.165, 1.54) is 0 Å². The van der Waals surface area contributed by atoms with Crippen molar-refractivity contribution >= 4 is 7.82 Å². The van der Waals surface area contributed by atoms with Crippen molar-refractivity contribution in [2.75, 3.05) is 19.8 Å². The van der Waals surface area contributed by atoms with E-state index >= 15 is 0 Å². The van der Waals surface area contributed by atoms with Gasteiger partial charge in [0.25, 0.3) is 0 Å². The third-order valence-electron chi connectivity index (χ3n) is 1.58. The summed E-state index contributed by atoms with van der Waals surface area (Å²) < 4.78 is 25.2. The van der Waals surface area contributed by atoms with Crippen molar-refractivity contribution in [2.45, 2.75) is 25.9 Å². The fraction of sp³-hybridized carbons (Fsp3) is 1.00. The molecule has 1 rings (SSSR count). The minimum atomic E-state index is -3.82. The van der Waals surface area contributed by atoms with Gasteiger partial charge in [-0.3, -0.25) is 9.05 Å². The van der Waals surface area contributed by atoms with Crippen molar-refractivity contribution in [3.63, 3.8) is 0 Å². The van der Waals surface area contributed by atoms with E-state index in [0.717, 1.165) is 12.8 Å². The molecule has 0 saturated carbocycles. The van der Waals surface area contributed by atoms with Crippen LogP contribution in [0, 0.1) is 0 Å². The molecule has 0 aromatic rings. The van der Waals surface area contributed by atoms with Crippen molar-refractivity contribution in [1.29, 1.82) is 0 Å². The quantitative estimate of drug-likeness (QED) is 0.390. The lowest BCUT2D eigenvalue weighted by atomic mass is 10.4. The number of rotatable bonds is 7. The summed E-state index contributed by atoms with van der Waals surface area (Å²) in [6.07, 6.45) is 1.66. The van der Waals surface area contributed by atoms with Gasteiger partial charge < -0.3 is 9.63 Å². The Balaban J connectivity index is 2.07. The molecule has 0 radical (unpaired) electrons. The van der Waals surface area contributed by atoms with E-state index in [2.05, 4.69) is 9.05 Å². The molecule has 1 saturated heterocycles. The van der Waals surface area contributed by atoms with Gasteiger partial charge in [0, 0.05) is 0 Å². The maximum absolute atomic E-state index is 11.1. The summed E-state index contributed by atoms with van der Waals surface area (Å²) in [4.78, 5) is 9.07. The van der Waals surface area contributed by atoms with Gasteiger partial charge in [0.05, 0.1) is 19.8 Å². The average Bonchev–Trinajstić information content (AvgIpc) is 2.84. The number of epoxide rings is 1. The highest BCUT2D eigenvalue weighted by molar-refractivity contribution is 7.47. The molecule has 2 atom stereocenters. The molecule has 0 aliphatic carbocycles. The van der Waals surface area contributed by atoms with Gasteiger partial charge in [0.1, 0.15) is 6.10 Å². The van der Waals surface area contributed by atoms with E-state index in [0.29, 0.717) is 6.61 Å². The summed E-state index contributed by atoms with van der Waals surface area (Å²) in [5, 5.41) is 0. The normalized spacial score (nSPS) is 25.5. The van der Waals surface area contributed by atoms with Crippen LogP contribution >= 0.6 is 7.82 Å². The number of phosphoric ester groups is 1. The third kappa shape index (κ3) is 5.39. The minimum Gasteiger partial charge on any atom is -0.371 e. The summed E-state index contributed by atoms with van der Waals surface area (Å²) in [5.41, 5.74) is 0. The van der Waals surface area contributed by atoms with Crippen molar-refractivity contribution in [3.8, 4) is 0 Å². The fourth-order valence-corrected chi connectivity index (χ4v) is 1.49. The van der Waals surface area contributed by atoms with Crippen LogP contribution in [0.2, 0.25) is 0 Å². The van der Waals surface area contributed by atoms with Crippen molar-refractivity contribution in [3.05, 3.63) is 0 Å². The summed E-state index contributed by atoms with van der Waals surface area (Å²) in [7, 11) is -3.82. The van der Waals surface area contributed by atoms with Crippen LogP contribution in [-0.4, -0.2) is 30.8 Å². The Morgan fingerprint density at radius 3 is 2.85 bits per heavy atom. The average molecular weight is 210 g/mol. The van der Waals surface area contributed by atoms with Crippen molar-refractivity contribution in [2.24, 2.45) is 0 Å². The van der Waals surface area contributed by atoms with Crippen LogP contribution in [0.3, 0.4) is 0 Å². The Hall–Kier alpha value is 0.0700. The van der Waals surface area contributed by atoms with Gasteiger partial charge in [0.2, 0.25) is 0 Å². The van der Waals surface area contributed by atoms with E-state index in [4.69, 9.17) is 9.63 Å². The van der Waals surface area contributed by atoms with E-state index in [9.17, 15) is 4.57 Å². The second-order valence-electron chi connectivity index (χ2n) is 2.91. The van der Waals surface area contributed by atoms with Gasteiger partial charge in [-0.1, -0.05) is 13.3 Å². The second-order valence-corrected chi connectivity index (χ2v) is 4.36. The van der Waals surface area contributed by atoms with Gasteiger partial charge in [-0.25, -0.2) is 4.57 Å². The monoisotopic (exact) mass is 210 g/mol. The highest BCUT2D eigenvalue weighted by Gasteiger charge is 2.28. The van der Waals surface area contributed by atoms with Crippen LogP contribution in [0.25, 0.3) is 0 Å². The first-order valence-corrected chi connectivity index (χ1v) is 5.87. The number of ether oxygens (including phenoxy) is 1. The van der Waals surface area contributed by atoms with Crippen LogP contribution in [0.15, 0.2) is 0 Å². The zero-order chi connectivity index (χ0) is 9.73. The number of hydrogen-bond donors (Lipinski definition) is 1. The topological polar surface area (TPSA) is 68.3 Å². The van der Waals surface area contributed by atoms with Crippen LogP contribution in [0.4, 0.5) is 0 Å². The molecule has 1 heterocycles. The summed E-state index contributed by atoms with van der Waals surface area (Å²) in [6.45, 7) is 2.98. The molecule has 6 heteroatoms. The standard InChI is InChI=1S/C7H15O5P/c1-2-3-4-11-13(8,9)12-6-7-5-10-7/h7H,2-6H2,1H3,(H,8,9). The van der Waals surface area contributed by atoms with Gasteiger partial charge in [-0.15, -0.1) is 0 Å².